The zero-order chi connectivity index (χ0) is 15.7. The Labute approximate surface area is 123 Å². The van der Waals surface area contributed by atoms with Crippen LogP contribution in [0.5, 0.6) is 5.75 Å². The van der Waals surface area contributed by atoms with Gasteiger partial charge >= 0.3 is 0 Å². The molecule has 1 aromatic rings. The summed E-state index contributed by atoms with van der Waals surface area (Å²) in [5, 5.41) is 20.8. The van der Waals surface area contributed by atoms with Gasteiger partial charge in [-0.25, -0.2) is 0 Å². The Kier molecular flexibility index (Phi) is 7.42. The van der Waals surface area contributed by atoms with Crippen molar-refractivity contribution in [1.29, 1.82) is 0 Å². The van der Waals surface area contributed by atoms with Crippen LogP contribution >= 0.6 is 0 Å². The normalized spacial score (nSPS) is 11.9. The van der Waals surface area contributed by atoms with Crippen molar-refractivity contribution in [2.24, 2.45) is 0 Å². The molecule has 1 rings (SSSR count). The molecule has 0 aromatic heterocycles. The number of carbonyl (C=O) groups excluding carboxylic acids is 2. The van der Waals surface area contributed by atoms with Crippen LogP contribution in [0.3, 0.4) is 0 Å². The van der Waals surface area contributed by atoms with Gasteiger partial charge in [0.05, 0.1) is 19.6 Å². The molecule has 6 nitrogen and oxygen atoms in total. The Morgan fingerprint density at radius 1 is 1.33 bits per heavy atom. The summed E-state index contributed by atoms with van der Waals surface area (Å²) < 4.78 is 5.43. The van der Waals surface area contributed by atoms with Crippen LogP contribution in [0.4, 0.5) is 0 Å². The molecule has 116 valence electrons. The summed E-state index contributed by atoms with van der Waals surface area (Å²) in [7, 11) is 0. The van der Waals surface area contributed by atoms with Crippen molar-refractivity contribution in [3.8, 4) is 5.75 Å². The maximum atomic E-state index is 11.9. The molecule has 0 fully saturated rings. The number of hydrogen-bond donors (Lipinski definition) is 2. The molecule has 0 radical (unpaired) electrons. The summed E-state index contributed by atoms with van der Waals surface area (Å²) in [4.78, 5) is 22.5. The van der Waals surface area contributed by atoms with E-state index in [1.54, 1.807) is 24.3 Å². The average Bonchev–Trinajstić information content (AvgIpc) is 2.49. The van der Waals surface area contributed by atoms with Gasteiger partial charge < -0.3 is 25.1 Å². The quantitative estimate of drug-likeness (QED) is 0.523. The average molecular weight is 295 g/mol. The standard InChI is InChI=1S/C15H21NO5/c1-2-9-21-12-5-3-11(4-6-12)14(18)7-8-16-13(10-17)15(19)20/h3-6,13,16-17H,2,7-10H2,1H3,(H,19,20). The Bertz CT molecular complexity index is 458. The maximum Gasteiger partial charge on any atom is 0.168 e. The highest BCUT2D eigenvalue weighted by molar-refractivity contribution is 5.96. The van der Waals surface area contributed by atoms with Gasteiger partial charge in [-0.2, -0.15) is 0 Å². The number of aliphatic carboxylic acids is 1. The fraction of sp³-hybridized carbons (Fsp3) is 0.467. The summed E-state index contributed by atoms with van der Waals surface area (Å²) >= 11 is 0. The molecule has 21 heavy (non-hydrogen) atoms. The molecule has 0 aliphatic heterocycles. The number of carboxylic acid groups (broad SMARTS) is 1. The van der Waals surface area contributed by atoms with Crippen molar-refractivity contribution >= 4 is 11.8 Å². The predicted octanol–water partition coefficient (Wildman–Crippen LogP) is -1.28. The first-order chi connectivity index (χ1) is 10.1. The number of ketones is 1. The second-order valence-electron chi connectivity index (χ2n) is 4.68. The highest BCUT2D eigenvalue weighted by Gasteiger charge is 2.13. The molecular weight excluding hydrogens is 274 g/mol. The third-order valence-electron chi connectivity index (χ3n) is 2.97. The molecule has 1 aromatic carbocycles. The van der Waals surface area contributed by atoms with Crippen molar-refractivity contribution in [3.63, 3.8) is 0 Å². The minimum Gasteiger partial charge on any atom is -0.544 e. The van der Waals surface area contributed by atoms with Crippen LogP contribution in [0.1, 0.15) is 30.1 Å². The molecule has 6 heteroatoms. The van der Waals surface area contributed by atoms with E-state index in [0.29, 0.717) is 12.2 Å². The zero-order valence-electron chi connectivity index (χ0n) is 12.1. The van der Waals surface area contributed by atoms with Gasteiger partial charge in [0.25, 0.3) is 0 Å². The third kappa shape index (κ3) is 5.93. The van der Waals surface area contributed by atoms with Crippen LogP contribution < -0.4 is 15.2 Å². The van der Waals surface area contributed by atoms with E-state index in [9.17, 15) is 14.7 Å². The van der Waals surface area contributed by atoms with Crippen LogP contribution in [-0.2, 0) is 4.79 Å². The number of carbonyl (C=O) groups is 2. The van der Waals surface area contributed by atoms with E-state index in [-0.39, 0.29) is 18.7 Å². The van der Waals surface area contributed by atoms with Gasteiger partial charge in [0.2, 0.25) is 0 Å². The minimum absolute atomic E-state index is 0.0803. The number of rotatable bonds is 10. The van der Waals surface area contributed by atoms with E-state index in [2.05, 4.69) is 0 Å². The lowest BCUT2D eigenvalue weighted by atomic mass is 10.1. The molecule has 0 amide bonds. The Balaban J connectivity index is 2.43. The van der Waals surface area contributed by atoms with Crippen LogP contribution in [0, 0.1) is 0 Å². The SMILES string of the molecule is CCCOc1ccc(C(=O)CC[NH2+]C(CO)C(=O)[O-])cc1. The van der Waals surface area contributed by atoms with Crippen molar-refractivity contribution in [1.82, 2.24) is 0 Å². The van der Waals surface area contributed by atoms with Gasteiger partial charge in [-0.15, -0.1) is 0 Å². The minimum atomic E-state index is -1.33. The number of quaternary nitrogens is 1. The Morgan fingerprint density at radius 2 is 2.00 bits per heavy atom. The van der Waals surface area contributed by atoms with Crippen LogP contribution in [0.2, 0.25) is 0 Å². The molecule has 0 bridgehead atoms. The number of hydrogen-bond acceptors (Lipinski definition) is 5. The van der Waals surface area contributed by atoms with Crippen LogP contribution in [0.25, 0.3) is 0 Å². The number of aliphatic hydroxyl groups excluding tert-OH is 1. The number of aliphatic hydroxyl groups is 1. The summed E-state index contributed by atoms with van der Waals surface area (Å²) in [6.07, 6.45) is 1.11. The highest BCUT2D eigenvalue weighted by Crippen LogP contribution is 2.13. The second-order valence-corrected chi connectivity index (χ2v) is 4.68. The van der Waals surface area contributed by atoms with E-state index in [1.807, 2.05) is 6.92 Å². The second kappa shape index (κ2) is 9.10. The number of Topliss-reactive ketones (excluding diaryl/α,β-unsaturated/α-hetero) is 1. The molecule has 1 atom stereocenters. The molecule has 1 unspecified atom stereocenters. The topological polar surface area (TPSA) is 103 Å². The van der Waals surface area contributed by atoms with Gasteiger partial charge in [-0.1, -0.05) is 6.92 Å². The lowest BCUT2D eigenvalue weighted by molar-refractivity contribution is -0.683. The molecule has 0 heterocycles. The summed E-state index contributed by atoms with van der Waals surface area (Å²) in [5.74, 6) is -0.692. The molecule has 0 saturated heterocycles. The molecule has 0 saturated carbocycles. The first kappa shape index (κ1) is 17.1. The lowest BCUT2D eigenvalue weighted by Crippen LogP contribution is -2.94. The molecule has 0 aliphatic rings. The van der Waals surface area contributed by atoms with Crippen molar-refractivity contribution < 1.29 is 29.9 Å². The zero-order valence-corrected chi connectivity index (χ0v) is 12.1. The van der Waals surface area contributed by atoms with Crippen molar-refractivity contribution in [2.75, 3.05) is 19.8 Å². The number of nitrogens with two attached hydrogens (primary N) is 1. The van der Waals surface area contributed by atoms with Gasteiger partial charge in [0.1, 0.15) is 24.4 Å². The smallest absolute Gasteiger partial charge is 0.168 e. The summed E-state index contributed by atoms with van der Waals surface area (Å²) in [5.41, 5.74) is 0.557. The van der Waals surface area contributed by atoms with Crippen LogP contribution in [-0.4, -0.2) is 42.7 Å². The van der Waals surface area contributed by atoms with Crippen molar-refractivity contribution in [2.45, 2.75) is 25.8 Å². The van der Waals surface area contributed by atoms with E-state index >= 15 is 0 Å². The maximum absolute atomic E-state index is 11.9. The van der Waals surface area contributed by atoms with E-state index < -0.39 is 18.6 Å². The first-order valence-corrected chi connectivity index (χ1v) is 6.99. The van der Waals surface area contributed by atoms with Gasteiger partial charge in [-0.3, -0.25) is 4.79 Å². The van der Waals surface area contributed by atoms with Gasteiger partial charge in [0, 0.05) is 5.56 Å². The molecule has 0 spiro atoms. The monoisotopic (exact) mass is 295 g/mol. The third-order valence-corrected chi connectivity index (χ3v) is 2.97. The molecular formula is C15H21NO5. The van der Waals surface area contributed by atoms with Gasteiger partial charge in [0.15, 0.2) is 5.78 Å². The van der Waals surface area contributed by atoms with E-state index in [1.165, 1.54) is 5.32 Å². The first-order valence-electron chi connectivity index (χ1n) is 6.99. The van der Waals surface area contributed by atoms with E-state index in [0.717, 1.165) is 12.2 Å². The largest absolute Gasteiger partial charge is 0.544 e. The highest BCUT2D eigenvalue weighted by atomic mass is 16.5. The number of carboxylic acids is 1. The van der Waals surface area contributed by atoms with Crippen LogP contribution in [0.15, 0.2) is 24.3 Å². The summed E-state index contributed by atoms with van der Waals surface area (Å²) in [6.45, 7) is 2.42. The number of benzene rings is 1. The molecule has 3 N–H and O–H groups in total. The predicted molar refractivity (Wildman–Crippen MR) is 73.8 cm³/mol. The summed E-state index contributed by atoms with van der Waals surface area (Å²) in [6, 6.07) is 5.84. The van der Waals surface area contributed by atoms with E-state index in [4.69, 9.17) is 9.84 Å². The fourth-order valence-electron chi connectivity index (χ4n) is 1.76. The number of ether oxygens (including phenoxy) is 1. The van der Waals surface area contributed by atoms with Crippen molar-refractivity contribution in [3.05, 3.63) is 29.8 Å². The van der Waals surface area contributed by atoms with Gasteiger partial charge in [-0.05, 0) is 30.7 Å². The fourth-order valence-corrected chi connectivity index (χ4v) is 1.76. The molecule has 0 aliphatic carbocycles. The Morgan fingerprint density at radius 3 is 2.52 bits per heavy atom. The lowest BCUT2D eigenvalue weighted by Gasteiger charge is -2.13. The Hall–Kier alpha value is -1.92.